The van der Waals surface area contributed by atoms with Gasteiger partial charge in [-0.2, -0.15) is 0 Å². The molecular formula is C14H18N2O3S. The second kappa shape index (κ2) is 6.76. The summed E-state index contributed by atoms with van der Waals surface area (Å²) in [5.74, 6) is -0.821. The number of hydrogen-bond donors (Lipinski definition) is 1. The third-order valence-corrected chi connectivity index (χ3v) is 4.01. The molecular weight excluding hydrogens is 276 g/mol. The summed E-state index contributed by atoms with van der Waals surface area (Å²) in [6.07, 6.45) is 0.859. The van der Waals surface area contributed by atoms with Crippen LogP contribution in [0.15, 0.2) is 29.4 Å². The third-order valence-electron chi connectivity index (χ3n) is 3.07. The highest BCUT2D eigenvalue weighted by molar-refractivity contribution is 7.99. The van der Waals surface area contributed by atoms with E-state index in [1.54, 1.807) is 7.11 Å². The van der Waals surface area contributed by atoms with E-state index in [2.05, 4.69) is 16.5 Å². The van der Waals surface area contributed by atoms with Gasteiger partial charge in [0.25, 0.3) is 0 Å². The van der Waals surface area contributed by atoms with Crippen molar-refractivity contribution < 1.29 is 14.6 Å². The van der Waals surface area contributed by atoms with Crippen LogP contribution in [0.4, 0.5) is 0 Å². The lowest BCUT2D eigenvalue weighted by Crippen LogP contribution is -2.10. The minimum atomic E-state index is -0.835. The van der Waals surface area contributed by atoms with Crippen LogP contribution in [0.25, 0.3) is 11.0 Å². The van der Waals surface area contributed by atoms with Crippen molar-refractivity contribution in [3.63, 3.8) is 0 Å². The van der Waals surface area contributed by atoms with Crippen LogP contribution < -0.4 is 0 Å². The van der Waals surface area contributed by atoms with E-state index < -0.39 is 5.97 Å². The number of hydrogen-bond acceptors (Lipinski definition) is 4. The van der Waals surface area contributed by atoms with Crippen molar-refractivity contribution >= 4 is 28.8 Å². The number of carboxylic acid groups (broad SMARTS) is 1. The number of methoxy groups -OCH3 is 1. The second-order valence-corrected chi connectivity index (χ2v) is 5.51. The predicted molar refractivity (Wildman–Crippen MR) is 79.3 cm³/mol. The maximum absolute atomic E-state index is 10.8. The van der Waals surface area contributed by atoms with Crippen molar-refractivity contribution in [1.82, 2.24) is 9.55 Å². The maximum Gasteiger partial charge on any atom is 0.313 e. The van der Waals surface area contributed by atoms with Gasteiger partial charge in [-0.3, -0.25) is 4.79 Å². The summed E-state index contributed by atoms with van der Waals surface area (Å²) in [5.41, 5.74) is 1.92. The van der Waals surface area contributed by atoms with E-state index in [4.69, 9.17) is 9.84 Å². The summed E-state index contributed by atoms with van der Waals surface area (Å²) in [6, 6.07) is 8.06. The molecule has 20 heavy (non-hydrogen) atoms. The van der Waals surface area contributed by atoms with Crippen molar-refractivity contribution in [3.05, 3.63) is 24.3 Å². The molecule has 0 saturated heterocycles. The van der Waals surface area contributed by atoms with Crippen molar-refractivity contribution in [1.29, 1.82) is 0 Å². The number of imidazole rings is 1. The third kappa shape index (κ3) is 3.32. The molecule has 0 aliphatic heterocycles. The molecule has 0 radical (unpaired) electrons. The number of nitrogens with zero attached hydrogens (tertiary/aromatic N) is 2. The number of thioether (sulfide) groups is 1. The van der Waals surface area contributed by atoms with Gasteiger partial charge in [0.1, 0.15) is 0 Å². The zero-order valence-electron chi connectivity index (χ0n) is 11.6. The van der Waals surface area contributed by atoms with Gasteiger partial charge in [0, 0.05) is 19.8 Å². The lowest BCUT2D eigenvalue weighted by molar-refractivity contribution is -0.133. The molecule has 5 nitrogen and oxygen atoms in total. The van der Waals surface area contributed by atoms with E-state index in [0.29, 0.717) is 6.61 Å². The number of benzene rings is 1. The summed E-state index contributed by atoms with van der Waals surface area (Å²) in [4.78, 5) is 15.3. The van der Waals surface area contributed by atoms with Crippen LogP contribution in [0.2, 0.25) is 0 Å². The van der Waals surface area contributed by atoms with Crippen LogP contribution in [0.3, 0.4) is 0 Å². The van der Waals surface area contributed by atoms with Crippen LogP contribution in [0.5, 0.6) is 0 Å². The minimum Gasteiger partial charge on any atom is -0.481 e. The lowest BCUT2D eigenvalue weighted by atomic mass is 10.2. The smallest absolute Gasteiger partial charge is 0.313 e. The van der Waals surface area contributed by atoms with E-state index >= 15 is 0 Å². The maximum atomic E-state index is 10.8. The largest absolute Gasteiger partial charge is 0.481 e. The van der Waals surface area contributed by atoms with Crippen LogP contribution >= 0.6 is 11.8 Å². The van der Waals surface area contributed by atoms with E-state index in [1.807, 2.05) is 24.3 Å². The van der Waals surface area contributed by atoms with Gasteiger partial charge in [-0.15, -0.1) is 0 Å². The van der Waals surface area contributed by atoms with E-state index in [9.17, 15) is 4.79 Å². The van der Waals surface area contributed by atoms with E-state index in [0.717, 1.165) is 22.6 Å². The molecule has 108 valence electrons. The van der Waals surface area contributed by atoms with Crippen LogP contribution in [-0.2, 0) is 9.53 Å². The van der Waals surface area contributed by atoms with Gasteiger partial charge < -0.3 is 14.4 Å². The van der Waals surface area contributed by atoms with E-state index in [1.165, 1.54) is 11.8 Å². The first-order valence-electron chi connectivity index (χ1n) is 6.44. The van der Waals surface area contributed by atoms with Gasteiger partial charge in [0.15, 0.2) is 5.16 Å². The van der Waals surface area contributed by atoms with Crippen LogP contribution in [-0.4, -0.2) is 40.1 Å². The fourth-order valence-electron chi connectivity index (χ4n) is 2.09. The Bertz CT molecular complexity index is 597. The Morgan fingerprint density at radius 1 is 1.50 bits per heavy atom. The first-order chi connectivity index (χ1) is 9.63. The molecule has 1 heterocycles. The number of aromatic nitrogens is 2. The fourth-order valence-corrected chi connectivity index (χ4v) is 2.93. The summed E-state index contributed by atoms with van der Waals surface area (Å²) < 4.78 is 7.23. The van der Waals surface area contributed by atoms with Gasteiger partial charge in [-0.05, 0) is 25.5 Å². The highest BCUT2D eigenvalue weighted by Gasteiger charge is 2.16. The number of para-hydroxylation sites is 2. The molecule has 0 amide bonds. The Hall–Kier alpha value is -1.53. The number of rotatable bonds is 7. The molecule has 0 spiro atoms. The van der Waals surface area contributed by atoms with Gasteiger partial charge >= 0.3 is 5.97 Å². The Morgan fingerprint density at radius 3 is 2.95 bits per heavy atom. The number of aliphatic carboxylic acids is 1. The Labute approximate surface area is 121 Å². The van der Waals surface area contributed by atoms with Gasteiger partial charge in [0.05, 0.1) is 16.8 Å². The standard InChI is InChI=1S/C14H18N2O3S/c1-10(7-8-19-2)16-12-6-4-3-5-11(12)15-14(16)20-9-13(17)18/h3-6,10H,7-9H2,1-2H3,(H,17,18). The van der Waals surface area contributed by atoms with Crippen molar-refractivity contribution in [3.8, 4) is 0 Å². The topological polar surface area (TPSA) is 64.3 Å². The summed E-state index contributed by atoms with van der Waals surface area (Å²) in [6.45, 7) is 2.76. The number of fused-ring (bicyclic) bond motifs is 1. The normalized spacial score (nSPS) is 12.7. The Balaban J connectivity index is 2.36. The molecule has 0 bridgehead atoms. The summed E-state index contributed by atoms with van der Waals surface area (Å²) >= 11 is 1.25. The molecule has 0 fully saturated rings. The zero-order chi connectivity index (χ0) is 14.5. The molecule has 0 aliphatic rings. The molecule has 1 unspecified atom stereocenters. The predicted octanol–water partition coefficient (Wildman–Crippen LogP) is 2.81. The molecule has 6 heteroatoms. The Morgan fingerprint density at radius 2 is 2.25 bits per heavy atom. The number of carboxylic acids is 1. The van der Waals surface area contributed by atoms with Crippen LogP contribution in [0.1, 0.15) is 19.4 Å². The van der Waals surface area contributed by atoms with Gasteiger partial charge in [-0.1, -0.05) is 23.9 Å². The van der Waals surface area contributed by atoms with E-state index in [-0.39, 0.29) is 11.8 Å². The SMILES string of the molecule is COCCC(C)n1c(SCC(=O)O)nc2ccccc21. The second-order valence-electron chi connectivity index (χ2n) is 4.57. The summed E-state index contributed by atoms with van der Waals surface area (Å²) in [5, 5.41) is 9.59. The fraction of sp³-hybridized carbons (Fsp3) is 0.429. The lowest BCUT2D eigenvalue weighted by Gasteiger charge is -2.16. The highest BCUT2D eigenvalue weighted by atomic mass is 32.2. The average Bonchev–Trinajstić information content (AvgIpc) is 2.81. The minimum absolute atomic E-state index is 0.0142. The molecule has 1 aromatic carbocycles. The molecule has 1 aromatic heterocycles. The van der Waals surface area contributed by atoms with Crippen molar-refractivity contribution in [2.24, 2.45) is 0 Å². The monoisotopic (exact) mass is 294 g/mol. The van der Waals surface area contributed by atoms with Gasteiger partial charge in [-0.25, -0.2) is 4.98 Å². The number of ether oxygens (including phenoxy) is 1. The molecule has 1 atom stereocenters. The Kier molecular flexibility index (Phi) is 5.03. The molecule has 2 aromatic rings. The van der Waals surface area contributed by atoms with Gasteiger partial charge in [0.2, 0.25) is 0 Å². The molecule has 0 saturated carbocycles. The number of carbonyl (C=O) groups is 1. The molecule has 0 aliphatic carbocycles. The first-order valence-corrected chi connectivity index (χ1v) is 7.42. The van der Waals surface area contributed by atoms with Crippen LogP contribution in [0, 0.1) is 0 Å². The highest BCUT2D eigenvalue weighted by Crippen LogP contribution is 2.29. The van der Waals surface area contributed by atoms with Crippen molar-refractivity contribution in [2.75, 3.05) is 19.5 Å². The quantitative estimate of drug-likeness (QED) is 0.795. The first kappa shape index (κ1) is 14.9. The van der Waals surface area contributed by atoms with Crippen molar-refractivity contribution in [2.45, 2.75) is 24.5 Å². The average molecular weight is 294 g/mol. The molecule has 1 N–H and O–H groups in total. The zero-order valence-corrected chi connectivity index (χ0v) is 12.4. The summed E-state index contributed by atoms with van der Waals surface area (Å²) in [7, 11) is 1.68. The molecule has 2 rings (SSSR count).